The van der Waals surface area contributed by atoms with Crippen molar-refractivity contribution in [1.29, 1.82) is 0 Å². The molecule has 0 aromatic carbocycles. The molecule has 0 aromatic heterocycles. The van der Waals surface area contributed by atoms with E-state index in [1.54, 1.807) is 11.8 Å². The molecule has 0 aliphatic carbocycles. The molecule has 0 saturated carbocycles. The van der Waals surface area contributed by atoms with Gasteiger partial charge < -0.3 is 5.11 Å². The number of thioether (sulfide) groups is 1. The van der Waals surface area contributed by atoms with Crippen LogP contribution in [0.25, 0.3) is 0 Å². The van der Waals surface area contributed by atoms with Crippen LogP contribution >= 0.6 is 11.8 Å². The molecule has 1 N–H and O–H groups in total. The Morgan fingerprint density at radius 2 is 1.25 bits per heavy atom. The third kappa shape index (κ3) is 1.97. The first-order valence-corrected chi connectivity index (χ1v) is 5.56. The van der Waals surface area contributed by atoms with Crippen LogP contribution in [0.5, 0.6) is 0 Å². The monoisotopic (exact) mass is 190 g/mol. The van der Waals surface area contributed by atoms with Crippen molar-refractivity contribution in [2.75, 3.05) is 6.26 Å². The van der Waals surface area contributed by atoms with Gasteiger partial charge in [0.1, 0.15) is 0 Å². The summed E-state index contributed by atoms with van der Waals surface area (Å²) >= 11 is 1.80. The quantitative estimate of drug-likeness (QED) is 0.738. The normalized spacial score (nSPS) is 15.0. The lowest BCUT2D eigenvalue weighted by molar-refractivity contribution is -0.0506. The highest BCUT2D eigenvalue weighted by molar-refractivity contribution is 8.00. The summed E-state index contributed by atoms with van der Waals surface area (Å²) in [5.74, 6) is 0. The van der Waals surface area contributed by atoms with Gasteiger partial charge in [0, 0.05) is 10.2 Å². The summed E-state index contributed by atoms with van der Waals surface area (Å²) < 4.78 is 0.0885. The first-order chi connectivity index (χ1) is 5.06. The van der Waals surface area contributed by atoms with Gasteiger partial charge in [0.05, 0.1) is 5.60 Å². The molecule has 0 atom stereocenters. The molecule has 0 bridgehead atoms. The first kappa shape index (κ1) is 12.3. The van der Waals surface area contributed by atoms with Gasteiger partial charge in [0.15, 0.2) is 0 Å². The lowest BCUT2D eigenvalue weighted by Crippen LogP contribution is -2.51. The van der Waals surface area contributed by atoms with Crippen molar-refractivity contribution >= 4 is 11.8 Å². The van der Waals surface area contributed by atoms with E-state index in [1.807, 2.05) is 13.8 Å². The van der Waals surface area contributed by atoms with Gasteiger partial charge in [-0.15, -0.1) is 0 Å². The Morgan fingerprint density at radius 3 is 1.33 bits per heavy atom. The van der Waals surface area contributed by atoms with Crippen molar-refractivity contribution in [3.8, 4) is 0 Å². The van der Waals surface area contributed by atoms with Crippen LogP contribution in [-0.4, -0.2) is 21.7 Å². The van der Waals surface area contributed by atoms with Gasteiger partial charge in [0.25, 0.3) is 0 Å². The molecule has 0 heterocycles. The molecule has 0 aliphatic heterocycles. The molecule has 12 heavy (non-hydrogen) atoms. The molecule has 74 valence electrons. The molecule has 2 heteroatoms. The van der Waals surface area contributed by atoms with Crippen molar-refractivity contribution in [3.63, 3.8) is 0 Å². The molecule has 0 unspecified atom stereocenters. The van der Waals surface area contributed by atoms with E-state index < -0.39 is 5.60 Å². The lowest BCUT2D eigenvalue weighted by atomic mass is 9.69. The van der Waals surface area contributed by atoms with Crippen molar-refractivity contribution in [2.45, 2.75) is 51.9 Å². The van der Waals surface area contributed by atoms with Crippen molar-refractivity contribution in [1.82, 2.24) is 0 Å². The predicted octanol–water partition coefficient (Wildman–Crippen LogP) is 2.93. The Kier molecular flexibility index (Phi) is 3.31. The minimum Gasteiger partial charge on any atom is -0.390 e. The Labute approximate surface area is 80.9 Å². The van der Waals surface area contributed by atoms with Crippen LogP contribution in [0, 0.1) is 5.41 Å². The van der Waals surface area contributed by atoms with Crippen LogP contribution < -0.4 is 0 Å². The Balaban J connectivity index is 4.85. The third-order valence-corrected chi connectivity index (χ3v) is 5.08. The van der Waals surface area contributed by atoms with Gasteiger partial charge in [-0.1, -0.05) is 27.7 Å². The average Bonchev–Trinajstić information content (AvgIpc) is 1.85. The summed E-state index contributed by atoms with van der Waals surface area (Å²) in [7, 11) is 0. The molecule has 0 amide bonds. The fourth-order valence-electron chi connectivity index (χ4n) is 0.992. The molecule has 0 aliphatic rings. The molecule has 1 nitrogen and oxygen atoms in total. The zero-order valence-electron chi connectivity index (χ0n) is 9.36. The van der Waals surface area contributed by atoms with E-state index in [4.69, 9.17) is 0 Å². The fourth-order valence-corrected chi connectivity index (χ4v) is 1.75. The maximum absolute atomic E-state index is 10.00. The SMILES string of the molecule is CSC(C)(C)C(C)(C)C(C)(C)O. The number of hydrogen-bond donors (Lipinski definition) is 1. The molecule has 0 aromatic rings. The van der Waals surface area contributed by atoms with Crippen LogP contribution in [0.2, 0.25) is 0 Å². The van der Waals surface area contributed by atoms with Crippen LogP contribution in [0.15, 0.2) is 0 Å². The summed E-state index contributed by atoms with van der Waals surface area (Å²) in [6.45, 7) is 12.3. The molecule has 0 rings (SSSR count). The maximum atomic E-state index is 10.00. The third-order valence-electron chi connectivity index (χ3n) is 3.54. The smallest absolute Gasteiger partial charge is 0.0655 e. The van der Waals surface area contributed by atoms with Crippen molar-refractivity contribution in [3.05, 3.63) is 0 Å². The van der Waals surface area contributed by atoms with E-state index in [0.717, 1.165) is 0 Å². The standard InChI is InChI=1S/C10H22OS/c1-8(2,9(3,4)11)10(5,6)12-7/h11H,1-7H3. The second kappa shape index (κ2) is 3.22. The largest absolute Gasteiger partial charge is 0.390 e. The summed E-state index contributed by atoms with van der Waals surface area (Å²) in [6, 6.07) is 0. The number of hydrogen-bond acceptors (Lipinski definition) is 2. The molecule has 0 saturated heterocycles. The highest BCUT2D eigenvalue weighted by Crippen LogP contribution is 2.47. The molecular formula is C10H22OS. The predicted molar refractivity (Wildman–Crippen MR) is 57.7 cm³/mol. The zero-order chi connectivity index (χ0) is 10.2. The van der Waals surface area contributed by atoms with Gasteiger partial charge in [-0.25, -0.2) is 0 Å². The van der Waals surface area contributed by atoms with Crippen LogP contribution in [0.1, 0.15) is 41.5 Å². The van der Waals surface area contributed by atoms with Gasteiger partial charge in [0.2, 0.25) is 0 Å². The van der Waals surface area contributed by atoms with Crippen molar-refractivity contribution in [2.24, 2.45) is 5.41 Å². The minimum absolute atomic E-state index is 0.0885. The van der Waals surface area contributed by atoms with E-state index in [1.165, 1.54) is 0 Å². The van der Waals surface area contributed by atoms with E-state index in [2.05, 4.69) is 34.0 Å². The highest BCUT2D eigenvalue weighted by Gasteiger charge is 2.46. The summed E-state index contributed by atoms with van der Waals surface area (Å²) in [5, 5.41) is 10.00. The lowest BCUT2D eigenvalue weighted by Gasteiger charge is -2.48. The number of aliphatic hydroxyl groups is 1. The van der Waals surface area contributed by atoms with Gasteiger partial charge in [-0.3, -0.25) is 0 Å². The van der Waals surface area contributed by atoms with Gasteiger partial charge >= 0.3 is 0 Å². The first-order valence-electron chi connectivity index (χ1n) is 4.34. The molecular weight excluding hydrogens is 168 g/mol. The maximum Gasteiger partial charge on any atom is 0.0655 e. The Bertz CT molecular complexity index is 154. The van der Waals surface area contributed by atoms with Gasteiger partial charge in [-0.05, 0) is 20.1 Å². The molecule has 0 fully saturated rings. The highest BCUT2D eigenvalue weighted by atomic mass is 32.2. The summed E-state index contributed by atoms with van der Waals surface area (Å²) in [6.07, 6.45) is 2.09. The van der Waals surface area contributed by atoms with Gasteiger partial charge in [-0.2, -0.15) is 11.8 Å². The summed E-state index contributed by atoms with van der Waals surface area (Å²) in [4.78, 5) is 0. The number of rotatable bonds is 3. The van der Waals surface area contributed by atoms with E-state index in [-0.39, 0.29) is 10.2 Å². The second-order valence-corrected chi connectivity index (χ2v) is 6.33. The summed E-state index contributed by atoms with van der Waals surface area (Å²) in [5.41, 5.74) is -0.737. The van der Waals surface area contributed by atoms with Crippen molar-refractivity contribution < 1.29 is 5.11 Å². The van der Waals surface area contributed by atoms with E-state index in [0.29, 0.717) is 0 Å². The minimum atomic E-state index is -0.639. The van der Waals surface area contributed by atoms with Crippen LogP contribution in [0.3, 0.4) is 0 Å². The molecule has 0 spiro atoms. The van der Waals surface area contributed by atoms with E-state index >= 15 is 0 Å². The zero-order valence-corrected chi connectivity index (χ0v) is 10.2. The van der Waals surface area contributed by atoms with Crippen LogP contribution in [0.4, 0.5) is 0 Å². The topological polar surface area (TPSA) is 20.2 Å². The van der Waals surface area contributed by atoms with E-state index in [9.17, 15) is 5.11 Å². The molecule has 0 radical (unpaired) electrons. The average molecular weight is 190 g/mol. The fraction of sp³-hybridized carbons (Fsp3) is 1.00. The second-order valence-electron chi connectivity index (χ2n) is 4.90. The Hall–Kier alpha value is 0.310. The van der Waals surface area contributed by atoms with Crippen LogP contribution in [-0.2, 0) is 0 Å². The Morgan fingerprint density at radius 1 is 0.917 bits per heavy atom.